The molecule has 0 radical (unpaired) electrons. The third kappa shape index (κ3) is 3.36. The molecular weight excluding hydrogens is 232 g/mol. The Labute approximate surface area is 106 Å². The summed E-state index contributed by atoms with van der Waals surface area (Å²) in [6.07, 6.45) is 4.71. The first-order valence-corrected chi connectivity index (χ1v) is 5.82. The molecule has 0 aromatic heterocycles. The van der Waals surface area contributed by atoms with Crippen LogP contribution in [0.3, 0.4) is 0 Å². The van der Waals surface area contributed by atoms with Gasteiger partial charge in [0.1, 0.15) is 5.75 Å². The second kappa shape index (κ2) is 5.55. The molecule has 0 spiro atoms. The second-order valence-electron chi connectivity index (χ2n) is 3.79. The monoisotopic (exact) mass is 244 g/mol. The third-order valence-corrected chi connectivity index (χ3v) is 2.72. The molecule has 0 amide bonds. The Morgan fingerprint density at radius 1 is 1.06 bits per heavy atom. The predicted molar refractivity (Wildman–Crippen MR) is 72.3 cm³/mol. The topological polar surface area (TPSA) is 20.2 Å². The number of benzene rings is 2. The van der Waals surface area contributed by atoms with E-state index in [9.17, 15) is 5.11 Å². The van der Waals surface area contributed by atoms with E-state index in [0.29, 0.717) is 11.4 Å². The Morgan fingerprint density at radius 3 is 2.59 bits per heavy atom. The van der Waals surface area contributed by atoms with Crippen LogP contribution in [-0.4, -0.2) is 5.11 Å². The number of rotatable bonds is 3. The summed E-state index contributed by atoms with van der Waals surface area (Å²) < 4.78 is 0. The number of phenols is 1. The summed E-state index contributed by atoms with van der Waals surface area (Å²) in [5.74, 6) is 0.284. The number of halogens is 1. The minimum Gasteiger partial charge on any atom is -0.508 e. The molecule has 0 aliphatic heterocycles. The molecule has 0 bridgehead atoms. The molecule has 2 aromatic rings. The highest BCUT2D eigenvalue weighted by atomic mass is 35.5. The fraction of sp³-hybridized carbons (Fsp3) is 0.0667. The molecule has 2 heteroatoms. The van der Waals surface area contributed by atoms with Gasteiger partial charge in [0, 0.05) is 5.02 Å². The van der Waals surface area contributed by atoms with Crippen molar-refractivity contribution in [3.8, 4) is 5.75 Å². The molecule has 86 valence electrons. The summed E-state index contributed by atoms with van der Waals surface area (Å²) in [4.78, 5) is 0. The van der Waals surface area contributed by atoms with Crippen molar-refractivity contribution in [1.82, 2.24) is 0 Å². The highest BCUT2D eigenvalue weighted by Gasteiger charge is 1.99. The normalized spacial score (nSPS) is 10.9. The molecule has 2 aromatic carbocycles. The van der Waals surface area contributed by atoms with E-state index in [4.69, 9.17) is 11.6 Å². The van der Waals surface area contributed by atoms with Gasteiger partial charge in [0.05, 0.1) is 0 Å². The van der Waals surface area contributed by atoms with Gasteiger partial charge in [-0.25, -0.2) is 0 Å². The Morgan fingerprint density at radius 2 is 1.82 bits per heavy atom. The molecule has 0 aliphatic rings. The molecule has 1 nitrogen and oxygen atoms in total. The molecular formula is C15H13ClO. The van der Waals surface area contributed by atoms with Gasteiger partial charge in [0.25, 0.3) is 0 Å². The van der Waals surface area contributed by atoms with E-state index in [-0.39, 0.29) is 5.75 Å². The lowest BCUT2D eigenvalue weighted by atomic mass is 10.1. The van der Waals surface area contributed by atoms with E-state index < -0.39 is 0 Å². The number of allylic oxidation sites excluding steroid dienone is 1. The minimum absolute atomic E-state index is 0.284. The maximum atomic E-state index is 9.64. The van der Waals surface area contributed by atoms with Crippen molar-refractivity contribution in [2.75, 3.05) is 0 Å². The third-order valence-electron chi connectivity index (χ3n) is 2.49. The molecule has 0 aliphatic carbocycles. The predicted octanol–water partition coefficient (Wildman–Crippen LogP) is 4.30. The number of phenolic OH excluding ortho intramolecular Hbond substituents is 1. The highest BCUT2D eigenvalue weighted by molar-refractivity contribution is 6.30. The van der Waals surface area contributed by atoms with Crippen LogP contribution in [-0.2, 0) is 6.42 Å². The standard InChI is InChI=1S/C15H13ClO/c16-14-9-10-15(17)13(11-14)8-4-7-12-5-2-1-3-6-12/h1-7,9-11,17H,8H2/b7-4-. The van der Waals surface area contributed by atoms with Gasteiger partial charge in [-0.05, 0) is 35.7 Å². The fourth-order valence-corrected chi connectivity index (χ4v) is 1.80. The van der Waals surface area contributed by atoms with Gasteiger partial charge in [-0.15, -0.1) is 0 Å². The Hall–Kier alpha value is -1.73. The quantitative estimate of drug-likeness (QED) is 0.854. The average molecular weight is 245 g/mol. The molecule has 17 heavy (non-hydrogen) atoms. The summed E-state index contributed by atoms with van der Waals surface area (Å²) in [5.41, 5.74) is 1.98. The summed E-state index contributed by atoms with van der Waals surface area (Å²) in [6, 6.07) is 15.1. The van der Waals surface area contributed by atoms with E-state index >= 15 is 0 Å². The molecule has 1 N–H and O–H groups in total. The molecule has 0 fully saturated rings. The van der Waals surface area contributed by atoms with Crippen LogP contribution in [0.2, 0.25) is 5.02 Å². The van der Waals surface area contributed by atoms with Crippen LogP contribution in [0, 0.1) is 0 Å². The van der Waals surface area contributed by atoms with Crippen LogP contribution >= 0.6 is 11.6 Å². The lowest BCUT2D eigenvalue weighted by Crippen LogP contribution is -1.82. The van der Waals surface area contributed by atoms with Crippen molar-refractivity contribution in [3.05, 3.63) is 70.8 Å². The van der Waals surface area contributed by atoms with Gasteiger partial charge in [0.2, 0.25) is 0 Å². The summed E-state index contributed by atoms with van der Waals surface area (Å²) in [6.45, 7) is 0. The number of hydrogen-bond acceptors (Lipinski definition) is 1. The summed E-state index contributed by atoms with van der Waals surface area (Å²) >= 11 is 5.88. The van der Waals surface area contributed by atoms with Gasteiger partial charge < -0.3 is 5.11 Å². The Balaban J connectivity index is 2.07. The van der Waals surface area contributed by atoms with Crippen LogP contribution in [0.25, 0.3) is 6.08 Å². The van der Waals surface area contributed by atoms with E-state index in [2.05, 4.69) is 0 Å². The Kier molecular flexibility index (Phi) is 3.84. The number of hydrogen-bond donors (Lipinski definition) is 1. The molecule has 0 saturated heterocycles. The smallest absolute Gasteiger partial charge is 0.119 e. The van der Waals surface area contributed by atoms with E-state index in [0.717, 1.165) is 11.1 Å². The van der Waals surface area contributed by atoms with Gasteiger partial charge in [-0.1, -0.05) is 54.1 Å². The van der Waals surface area contributed by atoms with Gasteiger partial charge in [-0.2, -0.15) is 0 Å². The first kappa shape index (κ1) is 11.7. The van der Waals surface area contributed by atoms with Gasteiger partial charge >= 0.3 is 0 Å². The van der Waals surface area contributed by atoms with Crippen LogP contribution in [0.1, 0.15) is 11.1 Å². The Bertz CT molecular complexity index is 518. The minimum atomic E-state index is 0.284. The first-order valence-electron chi connectivity index (χ1n) is 5.45. The lowest BCUT2D eigenvalue weighted by Gasteiger charge is -2.01. The zero-order valence-electron chi connectivity index (χ0n) is 9.31. The van der Waals surface area contributed by atoms with Gasteiger partial charge in [-0.3, -0.25) is 0 Å². The van der Waals surface area contributed by atoms with Crippen molar-refractivity contribution in [2.45, 2.75) is 6.42 Å². The van der Waals surface area contributed by atoms with E-state index in [1.54, 1.807) is 18.2 Å². The molecule has 0 unspecified atom stereocenters. The van der Waals surface area contributed by atoms with Crippen LogP contribution in [0.5, 0.6) is 5.75 Å². The van der Waals surface area contributed by atoms with E-state index in [1.165, 1.54) is 0 Å². The van der Waals surface area contributed by atoms with Crippen LogP contribution in [0.15, 0.2) is 54.6 Å². The van der Waals surface area contributed by atoms with Crippen LogP contribution in [0.4, 0.5) is 0 Å². The van der Waals surface area contributed by atoms with E-state index in [1.807, 2.05) is 42.5 Å². The molecule has 2 rings (SSSR count). The zero-order valence-corrected chi connectivity index (χ0v) is 10.1. The zero-order chi connectivity index (χ0) is 12.1. The largest absolute Gasteiger partial charge is 0.508 e. The molecule has 0 atom stereocenters. The average Bonchev–Trinajstić information content (AvgIpc) is 2.35. The van der Waals surface area contributed by atoms with Crippen molar-refractivity contribution in [2.24, 2.45) is 0 Å². The molecule has 0 heterocycles. The first-order chi connectivity index (χ1) is 8.25. The highest BCUT2D eigenvalue weighted by Crippen LogP contribution is 2.22. The van der Waals surface area contributed by atoms with Gasteiger partial charge in [0.15, 0.2) is 0 Å². The van der Waals surface area contributed by atoms with Crippen LogP contribution < -0.4 is 0 Å². The molecule has 0 saturated carbocycles. The maximum Gasteiger partial charge on any atom is 0.119 e. The van der Waals surface area contributed by atoms with Crippen molar-refractivity contribution < 1.29 is 5.11 Å². The fourth-order valence-electron chi connectivity index (χ4n) is 1.60. The van der Waals surface area contributed by atoms with Crippen molar-refractivity contribution in [3.63, 3.8) is 0 Å². The van der Waals surface area contributed by atoms with Crippen molar-refractivity contribution in [1.29, 1.82) is 0 Å². The maximum absolute atomic E-state index is 9.64. The lowest BCUT2D eigenvalue weighted by molar-refractivity contribution is 0.470. The number of aromatic hydroxyl groups is 1. The second-order valence-corrected chi connectivity index (χ2v) is 4.23. The summed E-state index contributed by atoms with van der Waals surface area (Å²) in [7, 11) is 0. The SMILES string of the molecule is Oc1ccc(Cl)cc1C/C=C\c1ccccc1. The van der Waals surface area contributed by atoms with Crippen molar-refractivity contribution >= 4 is 17.7 Å². The summed E-state index contributed by atoms with van der Waals surface area (Å²) in [5, 5.41) is 10.3.